The van der Waals surface area contributed by atoms with Crippen LogP contribution in [0.5, 0.6) is 11.5 Å². The summed E-state index contributed by atoms with van der Waals surface area (Å²) in [6.07, 6.45) is 0.595. The largest absolute Gasteiger partial charge is 0.493 e. The summed E-state index contributed by atoms with van der Waals surface area (Å²) < 4.78 is 42.3. The third-order valence-electron chi connectivity index (χ3n) is 4.31. The van der Waals surface area contributed by atoms with Gasteiger partial charge in [-0.15, -0.1) is 0 Å². The Hall–Kier alpha value is -2.82. The van der Waals surface area contributed by atoms with Crippen LogP contribution in [0.1, 0.15) is 15.9 Å². The van der Waals surface area contributed by atoms with Crippen LogP contribution in [0, 0.1) is 0 Å². The molecule has 0 atom stereocenters. The Labute approximate surface area is 176 Å². The van der Waals surface area contributed by atoms with E-state index in [0.29, 0.717) is 30.2 Å². The van der Waals surface area contributed by atoms with E-state index in [0.717, 1.165) is 11.6 Å². The smallest absolute Gasteiger partial charge is 0.337 e. The van der Waals surface area contributed by atoms with Crippen LogP contribution < -0.4 is 19.5 Å². The summed E-state index contributed by atoms with van der Waals surface area (Å²) in [5.74, 6) is 0.00703. The highest BCUT2D eigenvalue weighted by molar-refractivity contribution is 7.89. The van der Waals surface area contributed by atoms with Gasteiger partial charge in [-0.2, -0.15) is 0 Å². The molecule has 0 aliphatic carbocycles. The van der Waals surface area contributed by atoms with E-state index in [1.165, 1.54) is 19.2 Å². The molecule has 0 fully saturated rings. The zero-order chi connectivity index (χ0) is 22.1. The van der Waals surface area contributed by atoms with E-state index in [9.17, 15) is 18.3 Å². The van der Waals surface area contributed by atoms with Crippen molar-refractivity contribution in [3.05, 3.63) is 47.5 Å². The second-order valence-corrected chi connectivity index (χ2v) is 8.04. The number of anilines is 1. The van der Waals surface area contributed by atoms with Gasteiger partial charge in [0.2, 0.25) is 10.0 Å². The molecule has 0 spiro atoms. The lowest BCUT2D eigenvalue weighted by atomic mass is 10.1. The SMILES string of the molecule is COCCNS(=O)(=O)c1ccc(NCCc2ccc(OC)c(OC)c2)c(C(=O)O)c1. The minimum Gasteiger partial charge on any atom is -0.493 e. The Kier molecular flexibility index (Phi) is 8.46. The van der Waals surface area contributed by atoms with Gasteiger partial charge in [0.15, 0.2) is 11.5 Å². The van der Waals surface area contributed by atoms with Gasteiger partial charge in [-0.3, -0.25) is 0 Å². The molecule has 9 nitrogen and oxygen atoms in total. The number of ether oxygens (including phenoxy) is 3. The molecule has 2 aromatic rings. The minimum atomic E-state index is -3.83. The Bertz CT molecular complexity index is 977. The Balaban J connectivity index is 2.11. The van der Waals surface area contributed by atoms with Crippen LogP contribution in [0.15, 0.2) is 41.3 Å². The van der Waals surface area contributed by atoms with Gasteiger partial charge in [-0.05, 0) is 42.3 Å². The van der Waals surface area contributed by atoms with Crippen molar-refractivity contribution in [2.45, 2.75) is 11.3 Å². The number of rotatable bonds is 12. The molecule has 0 aliphatic rings. The molecule has 0 saturated heterocycles. The quantitative estimate of drug-likeness (QED) is 0.430. The molecule has 30 heavy (non-hydrogen) atoms. The first-order valence-corrected chi connectivity index (χ1v) is 10.6. The predicted molar refractivity (Wildman–Crippen MR) is 112 cm³/mol. The highest BCUT2D eigenvalue weighted by Gasteiger charge is 2.18. The van der Waals surface area contributed by atoms with Crippen molar-refractivity contribution in [1.82, 2.24) is 4.72 Å². The number of nitrogens with one attached hydrogen (secondary N) is 2. The summed E-state index contributed by atoms with van der Waals surface area (Å²) in [5.41, 5.74) is 1.18. The number of methoxy groups -OCH3 is 3. The molecule has 0 heterocycles. The summed E-state index contributed by atoms with van der Waals surface area (Å²) in [6, 6.07) is 9.48. The number of carbonyl (C=O) groups is 1. The maximum atomic E-state index is 12.3. The van der Waals surface area contributed by atoms with E-state index in [4.69, 9.17) is 14.2 Å². The number of hydrogen-bond donors (Lipinski definition) is 3. The molecule has 0 aromatic heterocycles. The van der Waals surface area contributed by atoms with Crippen molar-refractivity contribution in [1.29, 1.82) is 0 Å². The average Bonchev–Trinajstić information content (AvgIpc) is 2.73. The molecule has 0 saturated carbocycles. The molecule has 2 rings (SSSR count). The highest BCUT2D eigenvalue weighted by Crippen LogP contribution is 2.28. The summed E-state index contributed by atoms with van der Waals surface area (Å²) in [6.45, 7) is 0.737. The molecule has 164 valence electrons. The van der Waals surface area contributed by atoms with Crippen LogP contribution >= 0.6 is 0 Å². The van der Waals surface area contributed by atoms with Crippen LogP contribution in [0.2, 0.25) is 0 Å². The van der Waals surface area contributed by atoms with E-state index in [2.05, 4.69) is 10.0 Å². The molecule has 3 N–H and O–H groups in total. The van der Waals surface area contributed by atoms with Crippen molar-refractivity contribution in [3.63, 3.8) is 0 Å². The van der Waals surface area contributed by atoms with Crippen molar-refractivity contribution in [3.8, 4) is 11.5 Å². The summed E-state index contributed by atoms with van der Waals surface area (Å²) in [4.78, 5) is 11.5. The maximum Gasteiger partial charge on any atom is 0.337 e. The highest BCUT2D eigenvalue weighted by atomic mass is 32.2. The van der Waals surface area contributed by atoms with Gasteiger partial charge in [-0.1, -0.05) is 6.07 Å². The fraction of sp³-hybridized carbons (Fsp3) is 0.350. The van der Waals surface area contributed by atoms with E-state index in [1.807, 2.05) is 12.1 Å². The van der Waals surface area contributed by atoms with E-state index in [1.54, 1.807) is 20.3 Å². The fourth-order valence-corrected chi connectivity index (χ4v) is 3.80. The second-order valence-electron chi connectivity index (χ2n) is 6.27. The molecule has 0 bridgehead atoms. The number of hydrogen-bond acceptors (Lipinski definition) is 7. The Morgan fingerprint density at radius 3 is 2.37 bits per heavy atom. The standard InChI is InChI=1S/C20H26N2O7S/c1-27-11-10-22-30(25,26)15-5-6-17(16(13-15)20(23)24)21-9-8-14-4-7-18(28-2)19(12-14)29-3/h4-7,12-13,21-22H,8-11H2,1-3H3,(H,23,24). The Morgan fingerprint density at radius 1 is 1.00 bits per heavy atom. The topological polar surface area (TPSA) is 123 Å². The van der Waals surface area contributed by atoms with Gasteiger partial charge in [0.25, 0.3) is 0 Å². The summed E-state index contributed by atoms with van der Waals surface area (Å²) in [5, 5.41) is 12.6. The first kappa shape index (κ1) is 23.5. The fourth-order valence-electron chi connectivity index (χ4n) is 2.76. The van der Waals surface area contributed by atoms with Gasteiger partial charge in [-0.25, -0.2) is 17.9 Å². The van der Waals surface area contributed by atoms with Gasteiger partial charge in [0.05, 0.1) is 31.3 Å². The zero-order valence-corrected chi connectivity index (χ0v) is 17.9. The van der Waals surface area contributed by atoms with E-state index >= 15 is 0 Å². The molecule has 0 amide bonds. The maximum absolute atomic E-state index is 12.3. The lowest BCUT2D eigenvalue weighted by Crippen LogP contribution is -2.27. The number of carboxylic acids is 1. The lowest BCUT2D eigenvalue weighted by Gasteiger charge is -2.13. The van der Waals surface area contributed by atoms with Crippen molar-refractivity contribution in [2.24, 2.45) is 0 Å². The third kappa shape index (κ3) is 6.09. The van der Waals surface area contributed by atoms with Crippen LogP contribution in [0.25, 0.3) is 0 Å². The third-order valence-corrected chi connectivity index (χ3v) is 5.77. The van der Waals surface area contributed by atoms with E-state index < -0.39 is 16.0 Å². The molecule has 2 aromatic carbocycles. The number of sulfonamides is 1. The minimum absolute atomic E-state index is 0.0898. The van der Waals surface area contributed by atoms with Gasteiger partial charge in [0, 0.05) is 25.9 Å². The summed E-state index contributed by atoms with van der Waals surface area (Å²) in [7, 11) is 0.741. The van der Waals surface area contributed by atoms with Gasteiger partial charge in [0.1, 0.15) is 0 Å². The van der Waals surface area contributed by atoms with Crippen LogP contribution in [0.3, 0.4) is 0 Å². The molecular weight excluding hydrogens is 412 g/mol. The molecule has 0 radical (unpaired) electrons. The first-order chi connectivity index (χ1) is 14.3. The zero-order valence-electron chi connectivity index (χ0n) is 17.1. The molecule has 10 heteroatoms. The molecular formula is C20H26N2O7S. The van der Waals surface area contributed by atoms with Crippen molar-refractivity contribution < 1.29 is 32.5 Å². The lowest BCUT2D eigenvalue weighted by molar-refractivity contribution is 0.0697. The Morgan fingerprint density at radius 2 is 1.73 bits per heavy atom. The van der Waals surface area contributed by atoms with Crippen LogP contribution in [-0.2, 0) is 21.2 Å². The summed E-state index contributed by atoms with van der Waals surface area (Å²) >= 11 is 0. The normalized spacial score (nSPS) is 11.2. The van der Waals surface area contributed by atoms with Crippen molar-refractivity contribution in [2.75, 3.05) is 46.3 Å². The number of aromatic carboxylic acids is 1. The van der Waals surface area contributed by atoms with Gasteiger partial charge < -0.3 is 24.6 Å². The van der Waals surface area contributed by atoms with Crippen LogP contribution in [0.4, 0.5) is 5.69 Å². The van der Waals surface area contributed by atoms with Gasteiger partial charge >= 0.3 is 5.97 Å². The number of carboxylic acid groups (broad SMARTS) is 1. The van der Waals surface area contributed by atoms with Crippen molar-refractivity contribution >= 4 is 21.7 Å². The number of benzene rings is 2. The van der Waals surface area contributed by atoms with Crippen LogP contribution in [-0.4, -0.2) is 60.5 Å². The second kappa shape index (κ2) is 10.8. The monoisotopic (exact) mass is 438 g/mol. The molecule has 0 aliphatic heterocycles. The van der Waals surface area contributed by atoms with E-state index in [-0.39, 0.29) is 23.6 Å². The first-order valence-electron chi connectivity index (χ1n) is 9.13. The predicted octanol–water partition coefficient (Wildman–Crippen LogP) is 1.98. The molecule has 0 unspecified atom stereocenters. The average molecular weight is 439 g/mol.